The van der Waals surface area contributed by atoms with Gasteiger partial charge in [0, 0.05) is 22.6 Å². The summed E-state index contributed by atoms with van der Waals surface area (Å²) in [6.07, 6.45) is 4.27. The van der Waals surface area contributed by atoms with Gasteiger partial charge in [-0.15, -0.1) is 11.8 Å². The molecule has 0 radical (unpaired) electrons. The van der Waals surface area contributed by atoms with Crippen LogP contribution in [0.15, 0.2) is 76.7 Å². The quantitative estimate of drug-likeness (QED) is 0.188. The molecule has 0 saturated carbocycles. The average molecular weight is 535 g/mol. The van der Waals surface area contributed by atoms with E-state index in [-0.39, 0.29) is 4.90 Å². The van der Waals surface area contributed by atoms with Crippen LogP contribution >= 0.6 is 11.8 Å². The molecule has 0 fully saturated rings. The van der Waals surface area contributed by atoms with Crippen LogP contribution in [-0.4, -0.2) is 25.1 Å². The number of thioether (sulfide) groups is 1. The smallest absolute Gasteiger partial charge is 0.262 e. The first-order valence-electron chi connectivity index (χ1n) is 11.3. The Hall–Kier alpha value is -4.07. The van der Waals surface area contributed by atoms with Crippen molar-refractivity contribution in [2.75, 3.05) is 15.8 Å². The van der Waals surface area contributed by atoms with Crippen LogP contribution in [-0.2, 0) is 14.8 Å². The van der Waals surface area contributed by atoms with Crippen molar-refractivity contribution in [2.45, 2.75) is 23.6 Å². The van der Waals surface area contributed by atoms with Crippen LogP contribution in [0.4, 0.5) is 15.8 Å². The number of anilines is 2. The number of halogens is 1. The lowest BCUT2D eigenvalue weighted by Crippen LogP contribution is -2.15. The molecule has 10 heteroatoms. The molecule has 0 spiro atoms. The second-order valence-electron chi connectivity index (χ2n) is 8.07. The summed E-state index contributed by atoms with van der Waals surface area (Å²) in [5.41, 5.74) is 2.93. The topological polar surface area (TPSA) is 115 Å². The molecule has 1 aromatic heterocycles. The Balaban J connectivity index is 1.63. The van der Waals surface area contributed by atoms with Crippen LogP contribution in [0.3, 0.4) is 0 Å². The molecule has 1 amide bonds. The van der Waals surface area contributed by atoms with Gasteiger partial charge in [0.2, 0.25) is 5.91 Å². The normalized spacial score (nSPS) is 11.5. The highest BCUT2D eigenvalue weighted by Crippen LogP contribution is 2.33. The molecular weight excluding hydrogens is 511 g/mol. The van der Waals surface area contributed by atoms with Gasteiger partial charge in [-0.1, -0.05) is 25.1 Å². The van der Waals surface area contributed by atoms with E-state index in [1.807, 2.05) is 13.8 Å². The first-order valence-corrected chi connectivity index (χ1v) is 13.7. The van der Waals surface area contributed by atoms with Crippen molar-refractivity contribution in [3.8, 4) is 6.07 Å². The summed E-state index contributed by atoms with van der Waals surface area (Å²) in [6.45, 7) is 3.79. The van der Waals surface area contributed by atoms with Crippen molar-refractivity contribution in [3.05, 3.63) is 89.4 Å². The number of rotatable bonds is 8. The SMILES string of the molecule is CCSc1ccc(S(=O)(=O)Nc2ccc(C)c3c(C#N)c[nH]c23)cc1NC(=O)C=Cc1cccc(F)c1. The average Bonchev–Trinajstić information content (AvgIpc) is 3.31. The van der Waals surface area contributed by atoms with Crippen molar-refractivity contribution in [1.29, 1.82) is 5.26 Å². The molecule has 4 aromatic rings. The lowest BCUT2D eigenvalue weighted by Gasteiger charge is -2.14. The maximum absolute atomic E-state index is 13.4. The number of benzene rings is 3. The fourth-order valence-electron chi connectivity index (χ4n) is 3.81. The molecule has 0 unspecified atom stereocenters. The van der Waals surface area contributed by atoms with Crippen LogP contribution in [0, 0.1) is 24.1 Å². The molecular formula is C27H23FN4O3S2. The third kappa shape index (κ3) is 5.85. The Morgan fingerprint density at radius 2 is 1.97 bits per heavy atom. The summed E-state index contributed by atoms with van der Waals surface area (Å²) in [7, 11) is -4.04. The van der Waals surface area contributed by atoms with Crippen LogP contribution < -0.4 is 10.0 Å². The molecule has 0 saturated heterocycles. The number of nitriles is 1. The molecule has 3 N–H and O–H groups in total. The van der Waals surface area contributed by atoms with E-state index in [1.165, 1.54) is 54.4 Å². The van der Waals surface area contributed by atoms with Gasteiger partial charge in [0.05, 0.1) is 27.4 Å². The molecule has 1 heterocycles. The summed E-state index contributed by atoms with van der Waals surface area (Å²) < 4.78 is 42.6. The lowest BCUT2D eigenvalue weighted by atomic mass is 10.1. The van der Waals surface area contributed by atoms with Gasteiger partial charge >= 0.3 is 0 Å². The van der Waals surface area contributed by atoms with E-state index in [4.69, 9.17) is 0 Å². The number of aromatic nitrogens is 1. The number of aromatic amines is 1. The van der Waals surface area contributed by atoms with Crippen LogP contribution in [0.5, 0.6) is 0 Å². The fraction of sp³-hybridized carbons (Fsp3) is 0.111. The summed E-state index contributed by atoms with van der Waals surface area (Å²) >= 11 is 1.45. The number of carbonyl (C=O) groups is 1. The predicted octanol–water partition coefficient (Wildman–Crippen LogP) is 6.05. The zero-order valence-electron chi connectivity index (χ0n) is 20.0. The second-order valence-corrected chi connectivity index (χ2v) is 11.1. The van der Waals surface area contributed by atoms with Gasteiger partial charge in [0.25, 0.3) is 10.0 Å². The van der Waals surface area contributed by atoms with E-state index >= 15 is 0 Å². The molecule has 0 atom stereocenters. The predicted molar refractivity (Wildman–Crippen MR) is 145 cm³/mol. The van der Waals surface area contributed by atoms with Gasteiger partial charge in [0.1, 0.15) is 11.9 Å². The monoisotopic (exact) mass is 534 g/mol. The Kier molecular flexibility index (Phi) is 7.66. The highest BCUT2D eigenvalue weighted by molar-refractivity contribution is 7.99. The number of nitrogens with zero attached hydrogens (tertiary/aromatic N) is 1. The van der Waals surface area contributed by atoms with Gasteiger partial charge in [-0.2, -0.15) is 5.26 Å². The molecule has 188 valence electrons. The number of hydrogen-bond donors (Lipinski definition) is 3. The van der Waals surface area contributed by atoms with Gasteiger partial charge in [-0.3, -0.25) is 9.52 Å². The van der Waals surface area contributed by atoms with E-state index in [2.05, 4.69) is 21.1 Å². The number of amides is 1. The molecule has 0 aliphatic carbocycles. The number of carbonyl (C=O) groups excluding carboxylic acids is 1. The lowest BCUT2D eigenvalue weighted by molar-refractivity contribution is -0.111. The van der Waals surface area contributed by atoms with E-state index in [9.17, 15) is 22.9 Å². The number of sulfonamides is 1. The molecule has 0 aliphatic heterocycles. The Morgan fingerprint density at radius 3 is 2.70 bits per heavy atom. The van der Waals surface area contributed by atoms with E-state index < -0.39 is 21.7 Å². The minimum atomic E-state index is -4.04. The van der Waals surface area contributed by atoms with Crippen molar-refractivity contribution in [1.82, 2.24) is 4.98 Å². The van der Waals surface area contributed by atoms with E-state index in [0.29, 0.717) is 44.1 Å². The third-order valence-corrected chi connectivity index (χ3v) is 7.82. The Labute approximate surface area is 218 Å². The standard InChI is InChI=1S/C27H23FN4O3S2/c1-3-36-24-11-9-21(14-23(24)31-25(33)12-8-18-5-4-6-20(28)13-18)37(34,35)32-22-10-7-17(2)26-19(15-29)16-30-27(22)26/h4-14,16,30,32H,3H2,1-2H3,(H,31,33). The highest BCUT2D eigenvalue weighted by Gasteiger charge is 2.20. The summed E-state index contributed by atoms with van der Waals surface area (Å²) in [5.74, 6) is -0.189. The van der Waals surface area contributed by atoms with Gasteiger partial charge in [0.15, 0.2) is 0 Å². The van der Waals surface area contributed by atoms with Crippen LogP contribution in [0.25, 0.3) is 17.0 Å². The van der Waals surface area contributed by atoms with Crippen molar-refractivity contribution in [3.63, 3.8) is 0 Å². The van der Waals surface area contributed by atoms with Gasteiger partial charge < -0.3 is 10.3 Å². The number of fused-ring (bicyclic) bond motifs is 1. The number of aryl methyl sites for hydroxylation is 1. The summed E-state index contributed by atoms with van der Waals surface area (Å²) in [5, 5.41) is 12.7. The van der Waals surface area contributed by atoms with Gasteiger partial charge in [-0.25, -0.2) is 12.8 Å². The largest absolute Gasteiger partial charge is 0.358 e. The second kappa shape index (κ2) is 10.9. The highest BCUT2D eigenvalue weighted by atomic mass is 32.2. The molecule has 0 aliphatic rings. The molecule has 37 heavy (non-hydrogen) atoms. The molecule has 0 bridgehead atoms. The Bertz CT molecular complexity index is 1670. The molecule has 3 aromatic carbocycles. The number of nitrogens with one attached hydrogen (secondary N) is 3. The maximum Gasteiger partial charge on any atom is 0.262 e. The maximum atomic E-state index is 13.4. The summed E-state index contributed by atoms with van der Waals surface area (Å²) in [6, 6.07) is 15.8. The summed E-state index contributed by atoms with van der Waals surface area (Å²) in [4.78, 5) is 16.2. The zero-order valence-corrected chi connectivity index (χ0v) is 21.6. The first kappa shape index (κ1) is 26.0. The van der Waals surface area contributed by atoms with Crippen LogP contribution in [0.2, 0.25) is 0 Å². The van der Waals surface area contributed by atoms with E-state index in [1.54, 1.807) is 30.3 Å². The fourth-order valence-corrected chi connectivity index (χ4v) is 5.65. The Morgan fingerprint density at radius 1 is 1.16 bits per heavy atom. The number of hydrogen-bond acceptors (Lipinski definition) is 5. The van der Waals surface area contributed by atoms with Crippen molar-refractivity contribution in [2.24, 2.45) is 0 Å². The van der Waals surface area contributed by atoms with Crippen LogP contribution in [0.1, 0.15) is 23.6 Å². The van der Waals surface area contributed by atoms with Gasteiger partial charge in [-0.05, 0) is 66.3 Å². The minimum Gasteiger partial charge on any atom is -0.358 e. The van der Waals surface area contributed by atoms with E-state index in [0.717, 1.165) is 5.56 Å². The molecule has 4 rings (SSSR count). The number of H-pyrrole nitrogens is 1. The minimum absolute atomic E-state index is 0.0434. The van der Waals surface area contributed by atoms with Crippen molar-refractivity contribution >= 4 is 56.0 Å². The third-order valence-electron chi connectivity index (χ3n) is 5.50. The molecule has 7 nitrogen and oxygen atoms in total. The zero-order chi connectivity index (χ0) is 26.6. The first-order chi connectivity index (χ1) is 17.7. The van der Waals surface area contributed by atoms with Crippen molar-refractivity contribution < 1.29 is 17.6 Å².